The van der Waals surface area contributed by atoms with E-state index in [0.29, 0.717) is 0 Å². The maximum atomic E-state index is 5.98. The van der Waals surface area contributed by atoms with Crippen molar-refractivity contribution in [3.8, 4) is 98.6 Å². The Labute approximate surface area is 619 Å². The molecule has 2 nitrogen and oxygen atoms in total. The molecule has 12 aromatic rings. The normalized spacial score (nSPS) is 13.3. The molecule has 9 aromatic carbocycles. The first-order chi connectivity index (χ1) is 50.2. The van der Waals surface area contributed by atoms with Crippen LogP contribution < -0.4 is 0 Å². The van der Waals surface area contributed by atoms with Crippen molar-refractivity contribution in [2.45, 2.75) is 232 Å². The fourth-order valence-electron chi connectivity index (χ4n) is 17.8. The van der Waals surface area contributed by atoms with Crippen LogP contribution in [0.15, 0.2) is 206 Å². The molecule has 0 spiro atoms. The summed E-state index contributed by atoms with van der Waals surface area (Å²) in [5, 5.41) is 4.94. The molecule has 0 amide bonds. The van der Waals surface area contributed by atoms with Gasteiger partial charge in [-0.25, -0.2) is 9.97 Å². The number of unbranched alkanes of at least 4 members (excludes halogenated alkanes) is 20. The third kappa shape index (κ3) is 15.2. The molecule has 0 atom stereocenters. The standard InChI is InChI=1S/C98H108N2S2/c1-7-11-15-19-23-31-57-97(58-32-24-20-16-12-8-2)87-61-69(5)45-50-83(87)84-51-47-73(65-88(84)97)91-68-92(100-96(99-91)78-63-76(81-43-35-39-71-37-27-29-41-79(71)81)62-77(64-78)82-44-36-40-72-38-28-30-42-80(72)82)74-48-52-85-86-53-49-75(93-55-56-95(102-93)94-54-46-70(6)101-94)67-90(86)98(89(85)66-74,59-33-25-21-17-13-9-3)60-34-26-22-18-14-10-4/h27-30,35-56,61-68H,7-26,31-34,57-60H2,1-6H3. The van der Waals surface area contributed by atoms with Gasteiger partial charge < -0.3 is 0 Å². The van der Waals surface area contributed by atoms with Crippen LogP contribution in [0.5, 0.6) is 0 Å². The second-order valence-electron chi connectivity index (χ2n) is 30.5. The minimum Gasteiger partial charge on any atom is -0.228 e. The Morgan fingerprint density at radius 2 is 0.647 bits per heavy atom. The van der Waals surface area contributed by atoms with Crippen molar-refractivity contribution in [2.75, 3.05) is 0 Å². The lowest BCUT2D eigenvalue weighted by Gasteiger charge is -2.33. The van der Waals surface area contributed by atoms with E-state index in [2.05, 4.69) is 248 Å². The molecule has 3 heterocycles. The van der Waals surface area contributed by atoms with Crippen LogP contribution in [0.25, 0.3) is 120 Å². The van der Waals surface area contributed by atoms with Crippen molar-refractivity contribution in [2.24, 2.45) is 0 Å². The lowest BCUT2D eigenvalue weighted by Crippen LogP contribution is -2.26. The van der Waals surface area contributed by atoms with E-state index in [1.165, 1.54) is 280 Å². The number of aromatic nitrogens is 2. The van der Waals surface area contributed by atoms with Crippen molar-refractivity contribution in [3.63, 3.8) is 0 Å². The van der Waals surface area contributed by atoms with Crippen LogP contribution in [-0.4, -0.2) is 9.97 Å². The van der Waals surface area contributed by atoms with Crippen LogP contribution >= 0.6 is 22.7 Å². The third-order valence-corrected chi connectivity index (χ3v) is 25.6. The monoisotopic (exact) mass is 1380 g/mol. The fraction of sp³-hybridized carbons (Fsp3) is 0.367. The summed E-state index contributed by atoms with van der Waals surface area (Å²) in [5.74, 6) is 0.753. The van der Waals surface area contributed by atoms with Gasteiger partial charge in [0.2, 0.25) is 0 Å². The topological polar surface area (TPSA) is 25.8 Å². The molecule has 4 heteroatoms. The molecule has 0 fully saturated rings. The minimum atomic E-state index is -0.154. The number of nitrogens with zero attached hydrogens (tertiary/aromatic N) is 2. The van der Waals surface area contributed by atoms with Crippen molar-refractivity contribution >= 4 is 44.2 Å². The Morgan fingerprint density at radius 3 is 1.11 bits per heavy atom. The van der Waals surface area contributed by atoms with Crippen LogP contribution in [0, 0.1) is 13.8 Å². The molecule has 102 heavy (non-hydrogen) atoms. The molecule has 0 radical (unpaired) electrons. The molecule has 3 aromatic heterocycles. The van der Waals surface area contributed by atoms with E-state index in [-0.39, 0.29) is 10.8 Å². The molecule has 0 N–H and O–H groups in total. The molecule has 522 valence electrons. The highest BCUT2D eigenvalue weighted by Gasteiger charge is 2.44. The van der Waals surface area contributed by atoms with E-state index in [9.17, 15) is 0 Å². The first kappa shape index (κ1) is 71.0. The first-order valence-corrected chi connectivity index (χ1v) is 41.6. The maximum Gasteiger partial charge on any atom is 0.160 e. The lowest BCUT2D eigenvalue weighted by molar-refractivity contribution is 0.398. The average Bonchev–Trinajstić information content (AvgIpc) is 1.56. The average molecular weight is 1380 g/mol. The second kappa shape index (κ2) is 33.2. The number of fused-ring (bicyclic) bond motifs is 8. The molecule has 0 unspecified atom stereocenters. The first-order valence-electron chi connectivity index (χ1n) is 39.9. The van der Waals surface area contributed by atoms with Gasteiger partial charge in [-0.15, -0.1) is 22.7 Å². The van der Waals surface area contributed by atoms with Gasteiger partial charge in [-0.05, 0) is 200 Å². The van der Waals surface area contributed by atoms with Gasteiger partial charge >= 0.3 is 0 Å². The number of thiophene rings is 2. The summed E-state index contributed by atoms with van der Waals surface area (Å²) in [5.41, 5.74) is 24.2. The van der Waals surface area contributed by atoms with Crippen LogP contribution in [0.2, 0.25) is 0 Å². The lowest BCUT2D eigenvalue weighted by atomic mass is 9.70. The van der Waals surface area contributed by atoms with Crippen LogP contribution in [-0.2, 0) is 10.8 Å². The summed E-state index contributed by atoms with van der Waals surface area (Å²) in [7, 11) is 0. The van der Waals surface area contributed by atoms with Gasteiger partial charge in [0.1, 0.15) is 0 Å². The van der Waals surface area contributed by atoms with Gasteiger partial charge in [0, 0.05) is 47.0 Å². The summed E-state index contributed by atoms with van der Waals surface area (Å²) >= 11 is 3.85. The van der Waals surface area contributed by atoms with E-state index in [1.807, 2.05) is 22.7 Å². The maximum absolute atomic E-state index is 5.98. The number of benzene rings is 9. The molecule has 14 rings (SSSR count). The van der Waals surface area contributed by atoms with E-state index in [1.54, 1.807) is 5.56 Å². The van der Waals surface area contributed by atoms with Crippen molar-refractivity contribution in [1.82, 2.24) is 9.97 Å². The van der Waals surface area contributed by atoms with E-state index in [0.717, 1.165) is 46.7 Å². The summed E-state index contributed by atoms with van der Waals surface area (Å²) in [4.78, 5) is 17.4. The van der Waals surface area contributed by atoms with Crippen molar-refractivity contribution in [3.05, 3.63) is 239 Å². The Hall–Kier alpha value is -8.02. The molecular formula is C98H108N2S2. The van der Waals surface area contributed by atoms with Crippen LogP contribution in [0.4, 0.5) is 0 Å². The Morgan fingerprint density at radius 1 is 0.275 bits per heavy atom. The van der Waals surface area contributed by atoms with Gasteiger partial charge in [0.15, 0.2) is 5.82 Å². The van der Waals surface area contributed by atoms with E-state index < -0.39 is 0 Å². The van der Waals surface area contributed by atoms with Crippen molar-refractivity contribution in [1.29, 1.82) is 0 Å². The zero-order valence-corrected chi connectivity index (χ0v) is 63.8. The zero-order valence-electron chi connectivity index (χ0n) is 62.1. The van der Waals surface area contributed by atoms with Crippen LogP contribution in [0.1, 0.15) is 240 Å². The van der Waals surface area contributed by atoms with Gasteiger partial charge in [-0.2, -0.15) is 0 Å². The molecule has 2 aliphatic carbocycles. The van der Waals surface area contributed by atoms with Crippen LogP contribution in [0.3, 0.4) is 0 Å². The van der Waals surface area contributed by atoms with Gasteiger partial charge in [-0.3, -0.25) is 0 Å². The largest absolute Gasteiger partial charge is 0.228 e. The number of hydrogen-bond acceptors (Lipinski definition) is 4. The Balaban J connectivity index is 0.966. The quantitative estimate of drug-likeness (QED) is 0.0370. The molecule has 2 aliphatic rings. The third-order valence-electron chi connectivity index (χ3n) is 23.3. The summed E-state index contributed by atoms with van der Waals surface area (Å²) in [6.07, 6.45) is 35.4. The van der Waals surface area contributed by atoms with Gasteiger partial charge in [-0.1, -0.05) is 327 Å². The number of rotatable bonds is 35. The SMILES string of the molecule is CCCCCCCCC1(CCCCCCCC)c2cc(C)ccc2-c2ccc(-c3cc(-c4ccc5c(c4)C(CCCCCCCC)(CCCCCCCC)c4cc(-c6ccc(-c7ccc(C)s7)s6)ccc4-5)nc(-c4cc(-c5cccc6ccccc56)cc(-c5cccc6ccccc56)c4)n3)cc21. The molecular weight excluding hydrogens is 1270 g/mol. The number of aryl methyl sites for hydroxylation is 2. The highest BCUT2D eigenvalue weighted by atomic mass is 32.1. The van der Waals surface area contributed by atoms with E-state index >= 15 is 0 Å². The van der Waals surface area contributed by atoms with Crippen molar-refractivity contribution < 1.29 is 0 Å². The Bertz CT molecular complexity index is 4700. The molecule has 0 aliphatic heterocycles. The zero-order chi connectivity index (χ0) is 69.8. The van der Waals surface area contributed by atoms with Gasteiger partial charge in [0.25, 0.3) is 0 Å². The predicted molar refractivity (Wildman–Crippen MR) is 445 cm³/mol. The molecule has 0 saturated heterocycles. The fourth-order valence-corrected chi connectivity index (χ4v) is 19.8. The molecule has 0 saturated carbocycles. The van der Waals surface area contributed by atoms with Gasteiger partial charge in [0.05, 0.1) is 11.4 Å². The number of hydrogen-bond donors (Lipinski definition) is 0. The highest BCUT2D eigenvalue weighted by Crippen LogP contribution is 2.58. The summed E-state index contributed by atoms with van der Waals surface area (Å²) in [6, 6.07) is 80.3. The van der Waals surface area contributed by atoms with E-state index in [4.69, 9.17) is 9.97 Å². The highest BCUT2D eigenvalue weighted by molar-refractivity contribution is 7.23. The summed E-state index contributed by atoms with van der Waals surface area (Å²) < 4.78 is 0. The second-order valence-corrected chi connectivity index (χ2v) is 32.8. The Kier molecular flexibility index (Phi) is 23.1. The smallest absolute Gasteiger partial charge is 0.160 e. The molecule has 0 bridgehead atoms. The predicted octanol–water partition coefficient (Wildman–Crippen LogP) is 30.7. The minimum absolute atomic E-state index is 0.0831. The summed E-state index contributed by atoms with van der Waals surface area (Å²) in [6.45, 7) is 13.9.